The van der Waals surface area contributed by atoms with Crippen LogP contribution in [0.3, 0.4) is 0 Å². The number of rotatable bonds is 9. The minimum absolute atomic E-state index is 0. The zero-order valence-electron chi connectivity index (χ0n) is 13.5. The van der Waals surface area contributed by atoms with E-state index in [-0.39, 0.29) is 31.0 Å². The molecule has 0 spiro atoms. The van der Waals surface area contributed by atoms with Crippen molar-refractivity contribution in [2.45, 2.75) is 25.8 Å². The van der Waals surface area contributed by atoms with Crippen molar-refractivity contribution in [1.29, 1.82) is 0 Å². The summed E-state index contributed by atoms with van der Waals surface area (Å²) in [6.45, 7) is 5.62. The molecular weight excluding hydrogens is 304 g/mol. The lowest BCUT2D eigenvalue weighted by molar-refractivity contribution is -0.126. The average molecular weight is 331 g/mol. The lowest BCUT2D eigenvalue weighted by atomic mass is 9.99. The predicted molar refractivity (Wildman–Crippen MR) is 90.4 cm³/mol. The molecule has 0 saturated heterocycles. The van der Waals surface area contributed by atoms with Crippen molar-refractivity contribution in [3.8, 4) is 0 Å². The molecule has 0 aliphatic carbocycles. The van der Waals surface area contributed by atoms with Crippen LogP contribution in [0, 0.1) is 0 Å². The highest BCUT2D eigenvalue weighted by molar-refractivity contribution is 5.85. The average Bonchev–Trinajstić information content (AvgIpc) is 2.49. The van der Waals surface area contributed by atoms with E-state index in [4.69, 9.17) is 15.2 Å². The Morgan fingerprint density at radius 2 is 1.77 bits per heavy atom. The molecule has 126 valence electrons. The standard InChI is InChI=1S/C16H26N2O3.ClH/c1-12(2)13-4-6-14(7-5-13)15(17)10-18-16(19)11-21-9-8-20-3;/h4-7,12,15H,8-11,17H2,1-3H3,(H,18,19);1H. The van der Waals surface area contributed by atoms with Crippen LogP contribution in [0.15, 0.2) is 24.3 Å². The van der Waals surface area contributed by atoms with Crippen molar-refractivity contribution in [1.82, 2.24) is 5.32 Å². The Kier molecular flexibility index (Phi) is 10.8. The van der Waals surface area contributed by atoms with Gasteiger partial charge in [0.25, 0.3) is 0 Å². The van der Waals surface area contributed by atoms with Crippen molar-refractivity contribution in [2.75, 3.05) is 33.5 Å². The van der Waals surface area contributed by atoms with Crippen molar-refractivity contribution in [2.24, 2.45) is 5.73 Å². The Morgan fingerprint density at radius 3 is 2.32 bits per heavy atom. The zero-order valence-corrected chi connectivity index (χ0v) is 14.3. The number of nitrogens with one attached hydrogen (secondary N) is 1. The van der Waals surface area contributed by atoms with Crippen LogP contribution in [0.2, 0.25) is 0 Å². The van der Waals surface area contributed by atoms with Crippen LogP contribution in [0.5, 0.6) is 0 Å². The monoisotopic (exact) mass is 330 g/mol. The molecule has 6 heteroatoms. The summed E-state index contributed by atoms with van der Waals surface area (Å²) in [5.41, 5.74) is 8.36. The van der Waals surface area contributed by atoms with Crippen LogP contribution in [0.25, 0.3) is 0 Å². The third-order valence-corrected chi connectivity index (χ3v) is 3.22. The minimum Gasteiger partial charge on any atom is -0.382 e. The number of hydrogen-bond donors (Lipinski definition) is 2. The maximum absolute atomic E-state index is 11.6. The molecular formula is C16H27ClN2O3. The molecule has 0 heterocycles. The predicted octanol–water partition coefficient (Wildman–Crippen LogP) is 2.01. The fraction of sp³-hybridized carbons (Fsp3) is 0.562. The van der Waals surface area contributed by atoms with Crippen molar-refractivity contribution in [3.63, 3.8) is 0 Å². The summed E-state index contributed by atoms with van der Waals surface area (Å²) in [4.78, 5) is 11.6. The first-order chi connectivity index (χ1) is 10.0. The first-order valence-corrected chi connectivity index (χ1v) is 7.23. The van der Waals surface area contributed by atoms with Gasteiger partial charge < -0.3 is 20.5 Å². The molecule has 0 fully saturated rings. The number of nitrogens with two attached hydrogens (primary N) is 1. The Hall–Kier alpha value is -1.14. The van der Waals surface area contributed by atoms with Gasteiger partial charge in [0.1, 0.15) is 6.61 Å². The Balaban J connectivity index is 0.00000441. The van der Waals surface area contributed by atoms with Gasteiger partial charge in [-0.1, -0.05) is 38.1 Å². The molecule has 1 unspecified atom stereocenters. The molecule has 1 aromatic rings. The molecule has 1 amide bonds. The maximum Gasteiger partial charge on any atom is 0.246 e. The molecule has 0 radical (unpaired) electrons. The number of carbonyl (C=O) groups excluding carboxylic acids is 1. The molecule has 1 aromatic carbocycles. The molecule has 0 aliphatic heterocycles. The first-order valence-electron chi connectivity index (χ1n) is 7.23. The van der Waals surface area contributed by atoms with Crippen LogP contribution in [0.4, 0.5) is 0 Å². The first kappa shape index (κ1) is 20.9. The highest BCUT2D eigenvalue weighted by Crippen LogP contribution is 2.17. The summed E-state index contributed by atoms with van der Waals surface area (Å²) >= 11 is 0. The fourth-order valence-corrected chi connectivity index (χ4v) is 1.83. The highest BCUT2D eigenvalue weighted by atomic mass is 35.5. The number of carbonyl (C=O) groups is 1. The molecule has 3 N–H and O–H groups in total. The SMILES string of the molecule is COCCOCC(=O)NCC(N)c1ccc(C(C)C)cc1.Cl. The minimum atomic E-state index is -0.214. The number of methoxy groups -OCH3 is 1. The van der Waals surface area contributed by atoms with Crippen LogP contribution in [-0.4, -0.2) is 39.4 Å². The summed E-state index contributed by atoms with van der Waals surface area (Å²) < 4.78 is 9.97. The number of hydrogen-bond acceptors (Lipinski definition) is 4. The normalized spacial score (nSPS) is 11.9. The fourth-order valence-electron chi connectivity index (χ4n) is 1.83. The van der Waals surface area contributed by atoms with Gasteiger partial charge >= 0.3 is 0 Å². The van der Waals surface area contributed by atoms with E-state index in [1.165, 1.54) is 5.56 Å². The van der Waals surface area contributed by atoms with Crippen molar-refractivity contribution >= 4 is 18.3 Å². The second-order valence-electron chi connectivity index (χ2n) is 5.28. The van der Waals surface area contributed by atoms with E-state index < -0.39 is 0 Å². The maximum atomic E-state index is 11.6. The van der Waals surface area contributed by atoms with Crippen LogP contribution >= 0.6 is 12.4 Å². The molecule has 0 bridgehead atoms. The number of ether oxygens (including phenoxy) is 2. The summed E-state index contributed by atoms with van der Waals surface area (Å²) in [6, 6.07) is 7.97. The summed E-state index contributed by atoms with van der Waals surface area (Å²) in [6.07, 6.45) is 0. The molecule has 5 nitrogen and oxygen atoms in total. The van der Waals surface area contributed by atoms with Gasteiger partial charge in [0.15, 0.2) is 0 Å². The van der Waals surface area contributed by atoms with Crippen molar-refractivity contribution in [3.05, 3.63) is 35.4 Å². The molecule has 0 aliphatic rings. The second-order valence-corrected chi connectivity index (χ2v) is 5.28. The molecule has 0 saturated carbocycles. The van der Waals surface area contributed by atoms with Crippen LogP contribution in [0.1, 0.15) is 36.9 Å². The number of benzene rings is 1. The van der Waals surface area contributed by atoms with E-state index in [1.54, 1.807) is 7.11 Å². The molecule has 0 aromatic heterocycles. The highest BCUT2D eigenvalue weighted by Gasteiger charge is 2.09. The lowest BCUT2D eigenvalue weighted by Gasteiger charge is -2.14. The van der Waals surface area contributed by atoms with E-state index in [2.05, 4.69) is 31.3 Å². The number of halogens is 1. The summed E-state index contributed by atoms with van der Waals surface area (Å²) in [5, 5.41) is 2.77. The molecule has 22 heavy (non-hydrogen) atoms. The topological polar surface area (TPSA) is 73.6 Å². The van der Waals surface area contributed by atoms with E-state index in [0.717, 1.165) is 5.56 Å². The van der Waals surface area contributed by atoms with Gasteiger partial charge in [0.2, 0.25) is 5.91 Å². The summed E-state index contributed by atoms with van der Waals surface area (Å²) in [7, 11) is 1.59. The third kappa shape index (κ3) is 7.75. The quantitative estimate of drug-likeness (QED) is 0.679. The zero-order chi connectivity index (χ0) is 15.7. The van der Waals surface area contributed by atoms with Crippen molar-refractivity contribution < 1.29 is 14.3 Å². The van der Waals surface area contributed by atoms with E-state index in [1.807, 2.05) is 12.1 Å². The third-order valence-electron chi connectivity index (χ3n) is 3.22. The Morgan fingerprint density at radius 1 is 1.18 bits per heavy atom. The van der Waals surface area contributed by atoms with Crippen LogP contribution in [-0.2, 0) is 14.3 Å². The molecule has 1 rings (SSSR count). The van der Waals surface area contributed by atoms with E-state index in [0.29, 0.717) is 25.7 Å². The van der Waals surface area contributed by atoms with Gasteiger partial charge in [-0.25, -0.2) is 0 Å². The van der Waals surface area contributed by atoms with Gasteiger partial charge in [0.05, 0.1) is 13.2 Å². The second kappa shape index (κ2) is 11.4. The lowest BCUT2D eigenvalue weighted by Crippen LogP contribution is -2.34. The van der Waals surface area contributed by atoms with Gasteiger partial charge in [-0.3, -0.25) is 4.79 Å². The van der Waals surface area contributed by atoms with Gasteiger partial charge in [-0.2, -0.15) is 0 Å². The van der Waals surface area contributed by atoms with Gasteiger partial charge in [-0.05, 0) is 17.0 Å². The van der Waals surface area contributed by atoms with Gasteiger partial charge in [0, 0.05) is 19.7 Å². The van der Waals surface area contributed by atoms with E-state index >= 15 is 0 Å². The number of amides is 1. The Bertz CT molecular complexity index is 424. The van der Waals surface area contributed by atoms with E-state index in [9.17, 15) is 4.79 Å². The molecule has 1 atom stereocenters. The van der Waals surface area contributed by atoms with Crippen LogP contribution < -0.4 is 11.1 Å². The Labute approximate surface area is 139 Å². The largest absolute Gasteiger partial charge is 0.382 e. The smallest absolute Gasteiger partial charge is 0.246 e. The summed E-state index contributed by atoms with van der Waals surface area (Å²) in [5.74, 6) is 0.333. The van der Waals surface area contributed by atoms with Gasteiger partial charge in [-0.15, -0.1) is 12.4 Å².